The van der Waals surface area contributed by atoms with Gasteiger partial charge in [0.15, 0.2) is 0 Å². The largest absolute Gasteiger partial charge is 0.408 e. The Balaban J connectivity index is 1.91. The third-order valence-electron chi connectivity index (χ3n) is 2.38. The van der Waals surface area contributed by atoms with Gasteiger partial charge in [-0.05, 0) is 19.3 Å². The SMILES string of the molecule is Cc1nnc(NC(=O)N2CCCCC2)o1. The predicted octanol–water partition coefficient (Wildman–Crippen LogP) is 1.40. The molecular formula is C9H14N4O2. The van der Waals surface area contributed by atoms with E-state index in [1.165, 1.54) is 6.42 Å². The Bertz CT molecular complexity index is 344. The second kappa shape index (κ2) is 4.29. The Morgan fingerprint density at radius 2 is 2.07 bits per heavy atom. The van der Waals surface area contributed by atoms with Crippen LogP contribution >= 0.6 is 0 Å². The first-order chi connectivity index (χ1) is 7.25. The van der Waals surface area contributed by atoms with Crippen molar-refractivity contribution < 1.29 is 9.21 Å². The van der Waals surface area contributed by atoms with Crippen LogP contribution in [0.1, 0.15) is 25.2 Å². The first-order valence-corrected chi connectivity index (χ1v) is 5.12. The third kappa shape index (κ3) is 2.45. The summed E-state index contributed by atoms with van der Waals surface area (Å²) in [6.07, 6.45) is 3.33. The van der Waals surface area contributed by atoms with Crippen LogP contribution in [0.3, 0.4) is 0 Å². The summed E-state index contributed by atoms with van der Waals surface area (Å²) in [4.78, 5) is 13.4. The van der Waals surface area contributed by atoms with Crippen LogP contribution in [0.5, 0.6) is 0 Å². The highest BCUT2D eigenvalue weighted by Gasteiger charge is 2.17. The van der Waals surface area contributed by atoms with E-state index in [0.29, 0.717) is 5.89 Å². The fourth-order valence-electron chi connectivity index (χ4n) is 1.61. The van der Waals surface area contributed by atoms with Crippen molar-refractivity contribution >= 4 is 12.0 Å². The molecule has 0 saturated carbocycles. The van der Waals surface area contributed by atoms with Gasteiger partial charge in [-0.2, -0.15) is 0 Å². The minimum absolute atomic E-state index is 0.154. The van der Waals surface area contributed by atoms with Crippen LogP contribution in [0.15, 0.2) is 4.42 Å². The van der Waals surface area contributed by atoms with Gasteiger partial charge in [-0.25, -0.2) is 4.79 Å². The molecule has 1 aliphatic heterocycles. The molecule has 0 atom stereocenters. The lowest BCUT2D eigenvalue weighted by Crippen LogP contribution is -2.38. The highest BCUT2D eigenvalue weighted by atomic mass is 16.4. The van der Waals surface area contributed by atoms with E-state index in [1.807, 2.05) is 0 Å². The van der Waals surface area contributed by atoms with Crippen LogP contribution in [0.4, 0.5) is 10.8 Å². The number of amides is 2. The summed E-state index contributed by atoms with van der Waals surface area (Å²) in [5.41, 5.74) is 0. The molecule has 6 nitrogen and oxygen atoms in total. The topological polar surface area (TPSA) is 71.3 Å². The summed E-state index contributed by atoms with van der Waals surface area (Å²) in [6.45, 7) is 3.29. The van der Waals surface area contributed by atoms with Crippen molar-refractivity contribution in [1.82, 2.24) is 15.1 Å². The first-order valence-electron chi connectivity index (χ1n) is 5.12. The van der Waals surface area contributed by atoms with Crippen molar-refractivity contribution in [2.45, 2.75) is 26.2 Å². The average Bonchev–Trinajstić information content (AvgIpc) is 2.65. The fourth-order valence-corrected chi connectivity index (χ4v) is 1.61. The molecule has 1 saturated heterocycles. The number of hydrogen-bond donors (Lipinski definition) is 1. The lowest BCUT2D eigenvalue weighted by Gasteiger charge is -2.25. The Kier molecular flexibility index (Phi) is 2.84. The molecule has 0 radical (unpaired) electrons. The van der Waals surface area contributed by atoms with Crippen molar-refractivity contribution in [3.8, 4) is 0 Å². The van der Waals surface area contributed by atoms with Crippen LogP contribution in [-0.2, 0) is 0 Å². The fraction of sp³-hybridized carbons (Fsp3) is 0.667. The van der Waals surface area contributed by atoms with Gasteiger partial charge in [0.25, 0.3) is 0 Å². The van der Waals surface area contributed by atoms with Gasteiger partial charge in [0, 0.05) is 20.0 Å². The van der Waals surface area contributed by atoms with E-state index in [2.05, 4.69) is 15.5 Å². The Morgan fingerprint density at radius 1 is 1.33 bits per heavy atom. The number of hydrogen-bond acceptors (Lipinski definition) is 4. The molecule has 6 heteroatoms. The molecule has 0 aliphatic carbocycles. The quantitative estimate of drug-likeness (QED) is 0.760. The summed E-state index contributed by atoms with van der Waals surface area (Å²) < 4.78 is 5.06. The minimum atomic E-state index is -0.154. The number of rotatable bonds is 1. The summed E-state index contributed by atoms with van der Waals surface area (Å²) in [5, 5.41) is 9.92. The van der Waals surface area contributed by atoms with E-state index in [0.717, 1.165) is 25.9 Å². The van der Waals surface area contributed by atoms with E-state index < -0.39 is 0 Å². The number of carbonyl (C=O) groups excluding carboxylic acids is 1. The van der Waals surface area contributed by atoms with Gasteiger partial charge in [-0.3, -0.25) is 5.32 Å². The van der Waals surface area contributed by atoms with E-state index in [1.54, 1.807) is 11.8 Å². The number of nitrogens with one attached hydrogen (secondary N) is 1. The number of aromatic nitrogens is 2. The zero-order valence-corrected chi connectivity index (χ0v) is 8.69. The van der Waals surface area contributed by atoms with Crippen molar-refractivity contribution in [1.29, 1.82) is 0 Å². The van der Waals surface area contributed by atoms with Gasteiger partial charge in [0.1, 0.15) is 0 Å². The number of likely N-dealkylation sites (tertiary alicyclic amines) is 1. The van der Waals surface area contributed by atoms with Crippen LogP contribution in [0.25, 0.3) is 0 Å². The number of aryl methyl sites for hydroxylation is 1. The van der Waals surface area contributed by atoms with Crippen LogP contribution in [0, 0.1) is 6.92 Å². The van der Waals surface area contributed by atoms with Crippen molar-refractivity contribution in [3.63, 3.8) is 0 Å². The first kappa shape index (κ1) is 9.95. The standard InChI is InChI=1S/C9H14N4O2/c1-7-11-12-8(15-7)10-9(14)13-5-3-2-4-6-13/h2-6H2,1H3,(H,10,12,14). The smallest absolute Gasteiger partial charge is 0.325 e. The van der Waals surface area contributed by atoms with Crippen LogP contribution in [0.2, 0.25) is 0 Å². The van der Waals surface area contributed by atoms with E-state index in [9.17, 15) is 4.79 Å². The molecule has 1 aromatic heterocycles. The molecule has 2 rings (SSSR count). The van der Waals surface area contributed by atoms with Crippen LogP contribution in [-0.4, -0.2) is 34.2 Å². The van der Waals surface area contributed by atoms with E-state index >= 15 is 0 Å². The lowest BCUT2D eigenvalue weighted by molar-refractivity contribution is 0.199. The molecule has 0 unspecified atom stereocenters. The highest BCUT2D eigenvalue weighted by molar-refractivity contribution is 5.87. The molecule has 1 aliphatic rings. The molecule has 15 heavy (non-hydrogen) atoms. The number of piperidine rings is 1. The van der Waals surface area contributed by atoms with Gasteiger partial charge < -0.3 is 9.32 Å². The number of nitrogens with zero attached hydrogens (tertiary/aromatic N) is 3. The summed E-state index contributed by atoms with van der Waals surface area (Å²) in [5.74, 6) is 0.448. The molecule has 2 heterocycles. The average molecular weight is 210 g/mol. The van der Waals surface area contributed by atoms with Crippen molar-refractivity contribution in [3.05, 3.63) is 5.89 Å². The number of urea groups is 1. The molecule has 0 spiro atoms. The molecule has 1 N–H and O–H groups in total. The summed E-state index contributed by atoms with van der Waals surface area (Å²) >= 11 is 0. The van der Waals surface area contributed by atoms with Crippen LogP contribution < -0.4 is 5.32 Å². The Labute approximate surface area is 87.7 Å². The zero-order valence-electron chi connectivity index (χ0n) is 8.69. The Hall–Kier alpha value is -1.59. The van der Waals surface area contributed by atoms with Gasteiger partial charge in [-0.15, -0.1) is 5.10 Å². The summed E-state index contributed by atoms with van der Waals surface area (Å²) in [7, 11) is 0. The van der Waals surface area contributed by atoms with Crippen molar-refractivity contribution in [2.75, 3.05) is 18.4 Å². The monoisotopic (exact) mass is 210 g/mol. The lowest BCUT2D eigenvalue weighted by atomic mass is 10.1. The minimum Gasteiger partial charge on any atom is -0.408 e. The van der Waals surface area contributed by atoms with Gasteiger partial charge >= 0.3 is 12.0 Å². The zero-order chi connectivity index (χ0) is 10.7. The van der Waals surface area contributed by atoms with Gasteiger partial charge in [-0.1, -0.05) is 5.10 Å². The molecule has 0 bridgehead atoms. The maximum absolute atomic E-state index is 11.7. The molecule has 1 aromatic rings. The second-order valence-electron chi connectivity index (χ2n) is 3.60. The predicted molar refractivity (Wildman–Crippen MR) is 53.5 cm³/mol. The maximum atomic E-state index is 11.7. The molecule has 1 fully saturated rings. The third-order valence-corrected chi connectivity index (χ3v) is 2.38. The molecular weight excluding hydrogens is 196 g/mol. The summed E-state index contributed by atoms with van der Waals surface area (Å²) in [6, 6.07) is 0.0152. The Morgan fingerprint density at radius 3 is 2.67 bits per heavy atom. The van der Waals surface area contributed by atoms with E-state index in [4.69, 9.17) is 4.42 Å². The molecule has 2 amide bonds. The highest BCUT2D eigenvalue weighted by Crippen LogP contribution is 2.11. The molecule has 82 valence electrons. The number of anilines is 1. The van der Waals surface area contributed by atoms with E-state index in [-0.39, 0.29) is 12.0 Å². The van der Waals surface area contributed by atoms with Crippen molar-refractivity contribution in [2.24, 2.45) is 0 Å². The second-order valence-corrected chi connectivity index (χ2v) is 3.60. The molecule has 0 aromatic carbocycles. The van der Waals surface area contributed by atoms with Gasteiger partial charge in [0.2, 0.25) is 5.89 Å². The number of carbonyl (C=O) groups is 1. The normalized spacial score (nSPS) is 16.5. The maximum Gasteiger partial charge on any atom is 0.325 e. The van der Waals surface area contributed by atoms with Gasteiger partial charge in [0.05, 0.1) is 0 Å².